The van der Waals surface area contributed by atoms with Crippen LogP contribution in [-0.2, 0) is 11.3 Å². The molecule has 3 amide bonds. The number of alkyl halides is 3. The highest BCUT2D eigenvalue weighted by molar-refractivity contribution is 5.89. The van der Waals surface area contributed by atoms with Crippen LogP contribution in [0.4, 0.5) is 37.2 Å². The lowest BCUT2D eigenvalue weighted by Crippen LogP contribution is -2.40. The quantitative estimate of drug-likeness (QED) is 0.399. The molecule has 3 rings (SSSR count). The van der Waals surface area contributed by atoms with E-state index in [1.807, 2.05) is 0 Å². The molecule has 14 heteroatoms. The number of carbonyl (C=O) groups excluding carboxylic acids is 2. The maximum Gasteiger partial charge on any atom is 0.416 e. The van der Waals surface area contributed by atoms with Crippen molar-refractivity contribution in [3.8, 4) is 0 Å². The normalized spacial score (nSPS) is 12.8. The van der Waals surface area contributed by atoms with Crippen molar-refractivity contribution in [3.63, 3.8) is 0 Å². The minimum atomic E-state index is -5.03. The van der Waals surface area contributed by atoms with Crippen LogP contribution in [0.3, 0.4) is 0 Å². The predicted molar refractivity (Wildman–Crippen MR) is 117 cm³/mol. The first-order valence-electron chi connectivity index (χ1n) is 10.4. The summed E-state index contributed by atoms with van der Waals surface area (Å²) in [7, 11) is 0. The van der Waals surface area contributed by atoms with Crippen LogP contribution in [0.2, 0.25) is 0 Å². The van der Waals surface area contributed by atoms with Crippen molar-refractivity contribution in [1.29, 1.82) is 0 Å². The Bertz CT molecular complexity index is 1270. The average molecular weight is 515 g/mol. The van der Waals surface area contributed by atoms with Crippen LogP contribution in [0.1, 0.15) is 44.0 Å². The molecule has 0 saturated carbocycles. The zero-order valence-corrected chi connectivity index (χ0v) is 19.5. The largest absolute Gasteiger partial charge is 0.455 e. The lowest BCUT2D eigenvalue weighted by Gasteiger charge is -2.20. The van der Waals surface area contributed by atoms with Gasteiger partial charge in [0.15, 0.2) is 17.4 Å². The molecule has 3 N–H and O–H groups in total. The Morgan fingerprint density at radius 3 is 2.33 bits per heavy atom. The lowest BCUT2D eigenvalue weighted by atomic mass is 10.1. The van der Waals surface area contributed by atoms with E-state index >= 15 is 0 Å². The van der Waals surface area contributed by atoms with E-state index in [0.29, 0.717) is 6.07 Å². The zero-order chi connectivity index (χ0) is 26.8. The Morgan fingerprint density at radius 1 is 1.11 bits per heavy atom. The van der Waals surface area contributed by atoms with Gasteiger partial charge in [0, 0.05) is 17.0 Å². The van der Waals surface area contributed by atoms with Crippen LogP contribution in [0.5, 0.6) is 0 Å². The predicted octanol–water partition coefficient (Wildman–Crippen LogP) is 5.26. The minimum Gasteiger partial charge on any atom is -0.455 e. The number of rotatable bonds is 5. The molecule has 0 fully saturated rings. The highest BCUT2D eigenvalue weighted by atomic mass is 19.4. The van der Waals surface area contributed by atoms with Gasteiger partial charge >= 0.3 is 18.3 Å². The van der Waals surface area contributed by atoms with Crippen LogP contribution in [0.15, 0.2) is 28.9 Å². The van der Waals surface area contributed by atoms with Crippen molar-refractivity contribution < 1.29 is 40.7 Å². The van der Waals surface area contributed by atoms with Gasteiger partial charge in [0.1, 0.15) is 23.0 Å². The number of fused-ring (bicyclic) bond motifs is 1. The molecule has 3 aromatic rings. The van der Waals surface area contributed by atoms with E-state index < -0.39 is 52.9 Å². The summed E-state index contributed by atoms with van der Waals surface area (Å²) in [5.74, 6) is -2.82. The maximum atomic E-state index is 14.0. The van der Waals surface area contributed by atoms with Gasteiger partial charge in [-0.2, -0.15) is 13.2 Å². The van der Waals surface area contributed by atoms with Crippen molar-refractivity contribution in [3.05, 3.63) is 53.3 Å². The number of carbonyl (C=O) groups is 2. The summed E-state index contributed by atoms with van der Waals surface area (Å²) >= 11 is 0. The first-order chi connectivity index (χ1) is 16.6. The second-order valence-electron chi connectivity index (χ2n) is 8.67. The molecule has 0 radical (unpaired) electrons. The summed E-state index contributed by atoms with van der Waals surface area (Å²) in [5, 5.41) is 6.11. The standard InChI is InChI=1S/C22H22F5N5O4/c1-10-13-5-11(23)6-14(24)17(13)35-16(10)18(22(25,26)27)32-19(33)31-12-7-28-15(29-8-12)9-30-20(34)36-21(2,3)4/h5-8,18H,9H2,1-4H3,(H,30,34)(H2,31,32,33)/t18-/m1/s1. The fourth-order valence-corrected chi connectivity index (χ4v) is 3.11. The molecule has 2 aromatic heterocycles. The Balaban J connectivity index is 1.70. The number of hydrogen-bond acceptors (Lipinski definition) is 6. The number of hydrogen-bond donors (Lipinski definition) is 3. The van der Waals surface area contributed by atoms with Gasteiger partial charge in [-0.25, -0.2) is 28.3 Å². The Morgan fingerprint density at radius 2 is 1.75 bits per heavy atom. The number of ether oxygens (including phenoxy) is 1. The lowest BCUT2D eigenvalue weighted by molar-refractivity contribution is -0.158. The molecule has 1 aromatic carbocycles. The molecule has 2 heterocycles. The topological polar surface area (TPSA) is 118 Å². The van der Waals surface area contributed by atoms with E-state index in [1.54, 1.807) is 26.1 Å². The summed E-state index contributed by atoms with van der Waals surface area (Å²) in [6.45, 7) is 6.15. The van der Waals surface area contributed by atoms with E-state index in [9.17, 15) is 31.5 Å². The highest BCUT2D eigenvalue weighted by Gasteiger charge is 2.45. The van der Waals surface area contributed by atoms with Crippen LogP contribution in [0, 0.1) is 18.6 Å². The van der Waals surface area contributed by atoms with E-state index in [2.05, 4.69) is 20.6 Å². The van der Waals surface area contributed by atoms with Crippen LogP contribution in [-0.4, -0.2) is 33.9 Å². The maximum absolute atomic E-state index is 14.0. The number of halogens is 5. The summed E-state index contributed by atoms with van der Waals surface area (Å²) in [6, 6.07) is -2.63. The van der Waals surface area contributed by atoms with Gasteiger partial charge in [0.05, 0.1) is 24.6 Å². The number of amides is 3. The first kappa shape index (κ1) is 26.6. The van der Waals surface area contributed by atoms with E-state index in [0.717, 1.165) is 18.5 Å². The second-order valence-corrected chi connectivity index (χ2v) is 8.67. The highest BCUT2D eigenvalue weighted by Crippen LogP contribution is 2.39. The Kier molecular flexibility index (Phi) is 7.36. The van der Waals surface area contributed by atoms with Crippen molar-refractivity contribution in [1.82, 2.24) is 20.6 Å². The monoisotopic (exact) mass is 515 g/mol. The number of nitrogens with zero attached hydrogens (tertiary/aromatic N) is 2. The second kappa shape index (κ2) is 9.95. The Labute approximate surface area is 201 Å². The third kappa shape index (κ3) is 6.58. The summed E-state index contributed by atoms with van der Waals surface area (Å²) in [6.07, 6.45) is -3.49. The van der Waals surface area contributed by atoms with Gasteiger partial charge in [0.25, 0.3) is 0 Å². The van der Waals surface area contributed by atoms with E-state index in [4.69, 9.17) is 9.15 Å². The SMILES string of the molecule is Cc1c([C@@H](NC(=O)Nc2cnc(CNC(=O)OC(C)(C)C)nc2)C(F)(F)F)oc2c(F)cc(F)cc12. The van der Waals surface area contributed by atoms with Gasteiger partial charge in [-0.05, 0) is 33.8 Å². The van der Waals surface area contributed by atoms with Crippen molar-refractivity contribution >= 4 is 28.8 Å². The van der Waals surface area contributed by atoms with Gasteiger partial charge < -0.3 is 25.1 Å². The molecule has 0 unspecified atom stereocenters. The molecule has 1 atom stereocenters. The van der Waals surface area contributed by atoms with Crippen molar-refractivity contribution in [2.24, 2.45) is 0 Å². The minimum absolute atomic E-state index is 0.0520. The summed E-state index contributed by atoms with van der Waals surface area (Å²) < 4.78 is 78.9. The molecule has 9 nitrogen and oxygen atoms in total. The van der Waals surface area contributed by atoms with Crippen molar-refractivity contribution in [2.75, 3.05) is 5.32 Å². The van der Waals surface area contributed by atoms with Gasteiger partial charge in [0.2, 0.25) is 0 Å². The van der Waals surface area contributed by atoms with E-state index in [1.165, 1.54) is 6.92 Å². The number of aryl methyl sites for hydroxylation is 1. The molecule has 36 heavy (non-hydrogen) atoms. The molecular formula is C22H22F5N5O4. The molecule has 194 valence electrons. The third-order valence-corrected chi connectivity index (χ3v) is 4.61. The van der Waals surface area contributed by atoms with Crippen LogP contribution in [0.25, 0.3) is 11.0 Å². The number of urea groups is 1. The first-order valence-corrected chi connectivity index (χ1v) is 10.4. The number of alkyl carbamates (subject to hydrolysis) is 1. The van der Waals surface area contributed by atoms with E-state index in [-0.39, 0.29) is 29.0 Å². The van der Waals surface area contributed by atoms with Crippen LogP contribution < -0.4 is 16.0 Å². The van der Waals surface area contributed by atoms with Crippen molar-refractivity contribution in [2.45, 2.75) is 52.1 Å². The number of benzene rings is 1. The molecule has 0 spiro atoms. The molecule has 0 aliphatic carbocycles. The number of furan rings is 1. The molecule has 0 aliphatic rings. The molecule has 0 bridgehead atoms. The number of anilines is 1. The Hall–Kier alpha value is -3.97. The smallest absolute Gasteiger partial charge is 0.416 e. The van der Waals surface area contributed by atoms with Gasteiger partial charge in [-0.15, -0.1) is 0 Å². The number of nitrogens with one attached hydrogen (secondary N) is 3. The number of aromatic nitrogens is 2. The molecular weight excluding hydrogens is 493 g/mol. The molecule has 0 aliphatic heterocycles. The molecule has 0 saturated heterocycles. The van der Waals surface area contributed by atoms with Gasteiger partial charge in [-0.1, -0.05) is 0 Å². The summed E-state index contributed by atoms with van der Waals surface area (Å²) in [5.41, 5.74) is -1.50. The zero-order valence-electron chi connectivity index (χ0n) is 19.5. The average Bonchev–Trinajstić information content (AvgIpc) is 3.06. The fraction of sp³-hybridized carbons (Fsp3) is 0.364. The fourth-order valence-electron chi connectivity index (χ4n) is 3.11. The summed E-state index contributed by atoms with van der Waals surface area (Å²) in [4.78, 5) is 31.8. The third-order valence-electron chi connectivity index (χ3n) is 4.61. The van der Waals surface area contributed by atoms with Crippen LogP contribution >= 0.6 is 0 Å². The van der Waals surface area contributed by atoms with Gasteiger partial charge in [-0.3, -0.25) is 0 Å².